The molecule has 2 amide bonds. The van der Waals surface area contributed by atoms with Crippen LogP contribution in [-0.2, 0) is 9.59 Å². The SMILES string of the molecule is COc1ccc(NC(=O)C(c2ccccc2)[NH+]2CCC(C(N)=O)CC2)cc1Cl. The first-order valence-corrected chi connectivity index (χ1v) is 9.70. The smallest absolute Gasteiger partial charge is 0.287 e. The number of nitrogens with two attached hydrogens (primary N) is 1. The van der Waals surface area contributed by atoms with Gasteiger partial charge in [-0.25, -0.2) is 0 Å². The van der Waals surface area contributed by atoms with Crippen molar-refractivity contribution in [3.05, 3.63) is 59.1 Å². The summed E-state index contributed by atoms with van der Waals surface area (Å²) >= 11 is 6.18. The maximum atomic E-state index is 13.2. The number of nitrogens with one attached hydrogen (secondary N) is 2. The Labute approximate surface area is 169 Å². The number of carbonyl (C=O) groups is 2. The van der Waals surface area contributed by atoms with Crippen LogP contribution < -0.4 is 20.7 Å². The molecule has 2 aromatic rings. The van der Waals surface area contributed by atoms with E-state index < -0.39 is 0 Å². The highest BCUT2D eigenvalue weighted by Gasteiger charge is 2.36. The van der Waals surface area contributed by atoms with Crippen LogP contribution in [0.25, 0.3) is 0 Å². The van der Waals surface area contributed by atoms with Gasteiger partial charge < -0.3 is 20.7 Å². The average Bonchev–Trinajstić information content (AvgIpc) is 2.69. The van der Waals surface area contributed by atoms with Crippen molar-refractivity contribution < 1.29 is 19.2 Å². The van der Waals surface area contributed by atoms with E-state index in [1.165, 1.54) is 0 Å². The number of carbonyl (C=O) groups excluding carboxylic acids is 2. The second kappa shape index (κ2) is 9.08. The van der Waals surface area contributed by atoms with Crippen molar-refractivity contribution in [1.82, 2.24) is 0 Å². The lowest BCUT2D eigenvalue weighted by Gasteiger charge is -2.33. The van der Waals surface area contributed by atoms with E-state index in [9.17, 15) is 9.59 Å². The van der Waals surface area contributed by atoms with Crippen LogP contribution in [0.4, 0.5) is 5.69 Å². The molecule has 3 rings (SSSR count). The fraction of sp³-hybridized carbons (Fsp3) is 0.333. The molecular formula is C21H25ClN3O3+. The molecule has 1 atom stereocenters. The van der Waals surface area contributed by atoms with Crippen LogP contribution in [0.2, 0.25) is 5.02 Å². The molecule has 148 valence electrons. The van der Waals surface area contributed by atoms with Crippen LogP contribution in [0.3, 0.4) is 0 Å². The van der Waals surface area contributed by atoms with Crippen molar-refractivity contribution in [2.24, 2.45) is 11.7 Å². The monoisotopic (exact) mass is 402 g/mol. The number of piperidine rings is 1. The van der Waals surface area contributed by atoms with Gasteiger partial charge >= 0.3 is 0 Å². The van der Waals surface area contributed by atoms with Crippen molar-refractivity contribution in [2.75, 3.05) is 25.5 Å². The summed E-state index contributed by atoms with van der Waals surface area (Å²) in [5, 5.41) is 3.41. The quantitative estimate of drug-likeness (QED) is 0.688. The fourth-order valence-electron chi connectivity index (χ4n) is 3.74. The molecule has 1 aliphatic rings. The van der Waals surface area contributed by atoms with Crippen molar-refractivity contribution in [3.63, 3.8) is 0 Å². The van der Waals surface area contributed by atoms with Crippen molar-refractivity contribution in [2.45, 2.75) is 18.9 Å². The maximum absolute atomic E-state index is 13.2. The third-order valence-electron chi connectivity index (χ3n) is 5.25. The third-order valence-corrected chi connectivity index (χ3v) is 5.55. The Kier molecular flexibility index (Phi) is 6.54. The molecule has 4 N–H and O–H groups in total. The normalized spacial score (nSPS) is 20.2. The van der Waals surface area contributed by atoms with Gasteiger partial charge in [0.1, 0.15) is 5.75 Å². The number of amides is 2. The highest BCUT2D eigenvalue weighted by molar-refractivity contribution is 6.32. The lowest BCUT2D eigenvalue weighted by molar-refractivity contribution is -0.927. The molecule has 0 radical (unpaired) electrons. The molecule has 1 aliphatic heterocycles. The van der Waals surface area contributed by atoms with Gasteiger partial charge in [-0.2, -0.15) is 0 Å². The van der Waals surface area contributed by atoms with Crippen LogP contribution in [0.15, 0.2) is 48.5 Å². The zero-order chi connectivity index (χ0) is 20.1. The number of primary amides is 1. The molecule has 1 heterocycles. The molecule has 1 fully saturated rings. The van der Waals surface area contributed by atoms with Gasteiger partial charge in [0.2, 0.25) is 5.91 Å². The Bertz CT molecular complexity index is 836. The first-order chi connectivity index (χ1) is 13.5. The Hall–Kier alpha value is -2.57. The number of ether oxygens (including phenoxy) is 1. The fourth-order valence-corrected chi connectivity index (χ4v) is 4.00. The topological polar surface area (TPSA) is 85.9 Å². The summed E-state index contributed by atoms with van der Waals surface area (Å²) in [7, 11) is 1.55. The molecular weight excluding hydrogens is 378 g/mol. The lowest BCUT2D eigenvalue weighted by atomic mass is 9.93. The number of hydrogen-bond donors (Lipinski definition) is 3. The van der Waals surface area contributed by atoms with Gasteiger partial charge in [-0.1, -0.05) is 41.9 Å². The van der Waals surface area contributed by atoms with E-state index in [0.29, 0.717) is 42.4 Å². The molecule has 1 unspecified atom stereocenters. The summed E-state index contributed by atoms with van der Waals surface area (Å²) in [5.74, 6) is 0.0784. The minimum absolute atomic E-state index is 0.108. The van der Waals surface area contributed by atoms with E-state index in [1.807, 2.05) is 30.3 Å². The van der Waals surface area contributed by atoms with E-state index >= 15 is 0 Å². The summed E-state index contributed by atoms with van der Waals surface area (Å²) in [6, 6.07) is 14.5. The Balaban J connectivity index is 1.80. The molecule has 6 nitrogen and oxygen atoms in total. The summed E-state index contributed by atoms with van der Waals surface area (Å²) < 4.78 is 5.16. The summed E-state index contributed by atoms with van der Waals surface area (Å²) in [4.78, 5) is 25.8. The number of halogens is 1. The van der Waals surface area contributed by atoms with E-state index in [0.717, 1.165) is 10.5 Å². The second-order valence-electron chi connectivity index (χ2n) is 7.02. The van der Waals surface area contributed by atoms with E-state index in [4.69, 9.17) is 22.1 Å². The Morgan fingerprint density at radius 2 is 1.86 bits per heavy atom. The van der Waals surface area contributed by atoms with Gasteiger partial charge in [-0.15, -0.1) is 0 Å². The van der Waals surface area contributed by atoms with Crippen LogP contribution in [0.5, 0.6) is 5.75 Å². The molecule has 0 aromatic heterocycles. The molecule has 0 saturated carbocycles. The van der Waals surface area contributed by atoms with Crippen molar-refractivity contribution >= 4 is 29.1 Å². The minimum Gasteiger partial charge on any atom is -0.495 e. The van der Waals surface area contributed by atoms with Crippen molar-refractivity contribution in [3.8, 4) is 5.75 Å². The highest BCUT2D eigenvalue weighted by Crippen LogP contribution is 2.27. The lowest BCUT2D eigenvalue weighted by Crippen LogP contribution is -3.14. The van der Waals surface area contributed by atoms with Gasteiger partial charge in [0.25, 0.3) is 5.91 Å². The molecule has 28 heavy (non-hydrogen) atoms. The first kappa shape index (κ1) is 20.2. The molecule has 0 aliphatic carbocycles. The first-order valence-electron chi connectivity index (χ1n) is 9.33. The zero-order valence-electron chi connectivity index (χ0n) is 15.8. The number of hydrogen-bond acceptors (Lipinski definition) is 3. The van der Waals surface area contributed by atoms with E-state index in [-0.39, 0.29) is 23.8 Å². The van der Waals surface area contributed by atoms with Crippen molar-refractivity contribution in [1.29, 1.82) is 0 Å². The van der Waals surface area contributed by atoms with Gasteiger partial charge in [0, 0.05) is 30.0 Å². The largest absolute Gasteiger partial charge is 0.495 e. The number of likely N-dealkylation sites (tertiary alicyclic amines) is 1. The molecule has 7 heteroatoms. The standard InChI is InChI=1S/C21H24ClN3O3/c1-28-18-8-7-16(13-17(18)22)24-21(27)19(14-5-3-2-4-6-14)25-11-9-15(10-12-25)20(23)26/h2-8,13,15,19H,9-12H2,1H3,(H2,23,26)(H,24,27)/p+1. The average molecular weight is 403 g/mol. The zero-order valence-corrected chi connectivity index (χ0v) is 16.5. The molecule has 2 aromatic carbocycles. The van der Waals surface area contributed by atoms with Gasteiger partial charge in [-0.3, -0.25) is 9.59 Å². The predicted octanol–water partition coefficient (Wildman–Crippen LogP) is 1.81. The summed E-state index contributed by atoms with van der Waals surface area (Å²) in [6.07, 6.45) is 1.38. The Morgan fingerprint density at radius 3 is 2.43 bits per heavy atom. The molecule has 0 bridgehead atoms. The van der Waals surface area contributed by atoms with Crippen LogP contribution in [-0.4, -0.2) is 32.0 Å². The minimum atomic E-state index is -0.379. The second-order valence-corrected chi connectivity index (χ2v) is 7.42. The third kappa shape index (κ3) is 4.64. The highest BCUT2D eigenvalue weighted by atomic mass is 35.5. The number of methoxy groups -OCH3 is 1. The Morgan fingerprint density at radius 1 is 1.18 bits per heavy atom. The predicted molar refractivity (Wildman–Crippen MR) is 108 cm³/mol. The van der Waals surface area contributed by atoms with Gasteiger partial charge in [0.05, 0.1) is 25.2 Å². The summed E-state index contributed by atoms with van der Waals surface area (Å²) in [5.41, 5.74) is 7.00. The molecule has 1 saturated heterocycles. The number of anilines is 1. The van der Waals surface area contributed by atoms with Crippen LogP contribution in [0.1, 0.15) is 24.4 Å². The number of rotatable bonds is 6. The van der Waals surface area contributed by atoms with Gasteiger partial charge in [-0.05, 0) is 18.2 Å². The van der Waals surface area contributed by atoms with E-state index in [1.54, 1.807) is 25.3 Å². The number of quaternary nitrogens is 1. The van der Waals surface area contributed by atoms with E-state index in [2.05, 4.69) is 5.32 Å². The number of benzene rings is 2. The van der Waals surface area contributed by atoms with Gasteiger partial charge in [0.15, 0.2) is 6.04 Å². The maximum Gasteiger partial charge on any atom is 0.287 e. The summed E-state index contributed by atoms with van der Waals surface area (Å²) in [6.45, 7) is 1.42. The van der Waals surface area contributed by atoms with Crippen LogP contribution >= 0.6 is 11.6 Å². The van der Waals surface area contributed by atoms with Crippen LogP contribution in [0, 0.1) is 5.92 Å². The molecule has 0 spiro atoms.